The molecule has 1 amide bonds. The van der Waals surface area contributed by atoms with E-state index >= 15 is 0 Å². The molecule has 1 heterocycles. The van der Waals surface area contributed by atoms with Gasteiger partial charge in [-0.25, -0.2) is 0 Å². The van der Waals surface area contributed by atoms with E-state index in [0.717, 1.165) is 13.1 Å². The van der Waals surface area contributed by atoms with Crippen LogP contribution < -0.4 is 10.1 Å². The summed E-state index contributed by atoms with van der Waals surface area (Å²) in [7, 11) is 1.59. The number of ether oxygens (including phenoxy) is 1. The van der Waals surface area contributed by atoms with Crippen molar-refractivity contribution < 1.29 is 9.53 Å². The Hall–Kier alpha value is -1.55. The maximum Gasteiger partial charge on any atom is 0.255 e. The van der Waals surface area contributed by atoms with Gasteiger partial charge in [0.25, 0.3) is 5.91 Å². The molecule has 1 aromatic carbocycles. The van der Waals surface area contributed by atoms with Crippen molar-refractivity contribution >= 4 is 5.91 Å². The second-order valence-corrected chi connectivity index (χ2v) is 5.55. The van der Waals surface area contributed by atoms with Gasteiger partial charge >= 0.3 is 0 Å². The summed E-state index contributed by atoms with van der Waals surface area (Å²) in [5.74, 6) is 0.567. The van der Waals surface area contributed by atoms with Crippen LogP contribution in [0, 0.1) is 0 Å². The fourth-order valence-corrected chi connectivity index (χ4v) is 3.06. The predicted octanol–water partition coefficient (Wildman–Crippen LogP) is 2.69. The summed E-state index contributed by atoms with van der Waals surface area (Å²) in [6, 6.07) is 8.02. The molecule has 0 aromatic heterocycles. The lowest BCUT2D eigenvalue weighted by Gasteiger charge is -2.35. The van der Waals surface area contributed by atoms with Gasteiger partial charge in [-0.1, -0.05) is 25.5 Å². The molecule has 1 saturated heterocycles. The number of para-hydroxylation sites is 1. The van der Waals surface area contributed by atoms with E-state index in [2.05, 4.69) is 17.1 Å². The number of carbonyl (C=O) groups excluding carboxylic acids is 1. The van der Waals surface area contributed by atoms with Gasteiger partial charge in [0.15, 0.2) is 0 Å². The van der Waals surface area contributed by atoms with Crippen LogP contribution >= 0.6 is 0 Å². The number of methoxy groups -OCH3 is 1. The summed E-state index contributed by atoms with van der Waals surface area (Å²) >= 11 is 0. The van der Waals surface area contributed by atoms with E-state index in [9.17, 15) is 4.79 Å². The maximum atomic E-state index is 12.2. The van der Waals surface area contributed by atoms with Crippen LogP contribution in [-0.4, -0.2) is 43.6 Å². The maximum absolute atomic E-state index is 12.2. The Bertz CT molecular complexity index is 462. The van der Waals surface area contributed by atoms with Gasteiger partial charge in [0, 0.05) is 19.1 Å². The van der Waals surface area contributed by atoms with Crippen LogP contribution in [0.1, 0.15) is 43.0 Å². The number of hydrogen-bond donors (Lipinski definition) is 1. The largest absolute Gasteiger partial charge is 0.496 e. The summed E-state index contributed by atoms with van der Waals surface area (Å²) in [5.41, 5.74) is 0.602. The standard InChI is InChI=1S/C17H26N2O2/c1-3-14-8-6-7-12-19(14)13-11-18-17(20)15-9-4-5-10-16(15)21-2/h4-5,9-10,14H,3,6-8,11-13H2,1-2H3,(H,18,20). The van der Waals surface area contributed by atoms with Gasteiger partial charge in [0.2, 0.25) is 0 Å². The molecule has 4 heteroatoms. The van der Waals surface area contributed by atoms with Crippen molar-refractivity contribution in [2.45, 2.75) is 38.6 Å². The minimum atomic E-state index is -0.0579. The average molecular weight is 290 g/mol. The van der Waals surface area contributed by atoms with Crippen molar-refractivity contribution in [3.63, 3.8) is 0 Å². The summed E-state index contributed by atoms with van der Waals surface area (Å²) in [5, 5.41) is 3.01. The molecule has 1 fully saturated rings. The molecule has 1 aliphatic rings. The Morgan fingerprint density at radius 3 is 2.95 bits per heavy atom. The van der Waals surface area contributed by atoms with Gasteiger partial charge in [-0.05, 0) is 37.9 Å². The van der Waals surface area contributed by atoms with Crippen molar-refractivity contribution in [1.29, 1.82) is 0 Å². The Kier molecular flexibility index (Phi) is 6.05. The first-order valence-electron chi connectivity index (χ1n) is 7.91. The van der Waals surface area contributed by atoms with Crippen LogP contribution in [-0.2, 0) is 0 Å². The number of carbonyl (C=O) groups is 1. The highest BCUT2D eigenvalue weighted by atomic mass is 16.5. The third kappa shape index (κ3) is 4.21. The lowest BCUT2D eigenvalue weighted by atomic mass is 10.0. The average Bonchev–Trinajstić information content (AvgIpc) is 2.55. The number of rotatable bonds is 6. The summed E-state index contributed by atoms with van der Waals surface area (Å²) in [6.45, 7) is 5.02. The number of piperidine rings is 1. The fourth-order valence-electron chi connectivity index (χ4n) is 3.06. The first kappa shape index (κ1) is 15.8. The zero-order chi connectivity index (χ0) is 15.1. The zero-order valence-electron chi connectivity index (χ0n) is 13.1. The molecule has 0 radical (unpaired) electrons. The van der Waals surface area contributed by atoms with Crippen LogP contribution in [0.2, 0.25) is 0 Å². The van der Waals surface area contributed by atoms with Crippen molar-refractivity contribution in [2.24, 2.45) is 0 Å². The van der Waals surface area contributed by atoms with Crippen LogP contribution in [0.5, 0.6) is 5.75 Å². The molecule has 1 unspecified atom stereocenters. The normalized spacial score (nSPS) is 19.2. The number of benzene rings is 1. The molecular weight excluding hydrogens is 264 g/mol. The number of hydrogen-bond acceptors (Lipinski definition) is 3. The molecule has 1 aliphatic heterocycles. The molecule has 0 saturated carbocycles. The molecule has 21 heavy (non-hydrogen) atoms. The molecule has 2 rings (SSSR count). The SMILES string of the molecule is CCC1CCCCN1CCNC(=O)c1ccccc1OC. The smallest absolute Gasteiger partial charge is 0.255 e. The fraction of sp³-hybridized carbons (Fsp3) is 0.588. The van der Waals surface area contributed by atoms with Crippen molar-refractivity contribution in [3.8, 4) is 5.75 Å². The Labute approximate surface area is 127 Å². The van der Waals surface area contributed by atoms with E-state index in [1.807, 2.05) is 18.2 Å². The molecule has 0 aliphatic carbocycles. The number of nitrogens with one attached hydrogen (secondary N) is 1. The van der Waals surface area contributed by atoms with Gasteiger partial charge in [-0.15, -0.1) is 0 Å². The van der Waals surface area contributed by atoms with E-state index in [0.29, 0.717) is 23.9 Å². The van der Waals surface area contributed by atoms with Crippen molar-refractivity contribution in [2.75, 3.05) is 26.7 Å². The third-order valence-corrected chi connectivity index (χ3v) is 4.26. The molecular formula is C17H26N2O2. The van der Waals surface area contributed by atoms with Crippen LogP contribution in [0.15, 0.2) is 24.3 Å². The summed E-state index contributed by atoms with van der Waals surface area (Å²) < 4.78 is 5.23. The summed E-state index contributed by atoms with van der Waals surface area (Å²) in [6.07, 6.45) is 5.09. The molecule has 1 atom stereocenters. The zero-order valence-corrected chi connectivity index (χ0v) is 13.1. The summed E-state index contributed by atoms with van der Waals surface area (Å²) in [4.78, 5) is 14.7. The molecule has 0 bridgehead atoms. The van der Waals surface area contributed by atoms with Crippen LogP contribution in [0.3, 0.4) is 0 Å². The first-order valence-corrected chi connectivity index (χ1v) is 7.91. The second-order valence-electron chi connectivity index (χ2n) is 5.55. The lowest BCUT2D eigenvalue weighted by molar-refractivity contribution is 0.0931. The Balaban J connectivity index is 1.84. The van der Waals surface area contributed by atoms with Crippen LogP contribution in [0.4, 0.5) is 0 Å². The van der Waals surface area contributed by atoms with E-state index in [4.69, 9.17) is 4.74 Å². The number of nitrogens with zero attached hydrogens (tertiary/aromatic N) is 1. The second kappa shape index (κ2) is 8.03. The predicted molar refractivity (Wildman–Crippen MR) is 84.8 cm³/mol. The van der Waals surface area contributed by atoms with E-state index < -0.39 is 0 Å². The van der Waals surface area contributed by atoms with E-state index in [1.54, 1.807) is 13.2 Å². The minimum absolute atomic E-state index is 0.0579. The van der Waals surface area contributed by atoms with Gasteiger partial charge in [-0.2, -0.15) is 0 Å². The van der Waals surface area contributed by atoms with Gasteiger partial charge < -0.3 is 10.1 Å². The quantitative estimate of drug-likeness (QED) is 0.876. The highest BCUT2D eigenvalue weighted by molar-refractivity contribution is 5.96. The molecule has 116 valence electrons. The Morgan fingerprint density at radius 1 is 1.38 bits per heavy atom. The molecule has 4 nitrogen and oxygen atoms in total. The molecule has 0 spiro atoms. The van der Waals surface area contributed by atoms with Gasteiger partial charge in [-0.3, -0.25) is 9.69 Å². The van der Waals surface area contributed by atoms with E-state index in [-0.39, 0.29) is 5.91 Å². The highest BCUT2D eigenvalue weighted by Crippen LogP contribution is 2.19. The number of likely N-dealkylation sites (tertiary alicyclic amines) is 1. The Morgan fingerprint density at radius 2 is 2.19 bits per heavy atom. The number of amides is 1. The van der Waals surface area contributed by atoms with Gasteiger partial charge in [0.1, 0.15) is 5.75 Å². The van der Waals surface area contributed by atoms with E-state index in [1.165, 1.54) is 25.7 Å². The van der Waals surface area contributed by atoms with Crippen LogP contribution in [0.25, 0.3) is 0 Å². The first-order chi connectivity index (χ1) is 10.3. The molecule has 1 aromatic rings. The molecule has 1 N–H and O–H groups in total. The van der Waals surface area contributed by atoms with Crippen molar-refractivity contribution in [1.82, 2.24) is 10.2 Å². The topological polar surface area (TPSA) is 41.6 Å². The highest BCUT2D eigenvalue weighted by Gasteiger charge is 2.20. The van der Waals surface area contributed by atoms with Crippen molar-refractivity contribution in [3.05, 3.63) is 29.8 Å². The lowest BCUT2D eigenvalue weighted by Crippen LogP contribution is -2.43. The van der Waals surface area contributed by atoms with Gasteiger partial charge in [0.05, 0.1) is 12.7 Å². The minimum Gasteiger partial charge on any atom is -0.496 e. The monoisotopic (exact) mass is 290 g/mol. The third-order valence-electron chi connectivity index (χ3n) is 4.26.